The molecule has 26 heavy (non-hydrogen) atoms. The van der Waals surface area contributed by atoms with E-state index < -0.39 is 0 Å². The molecule has 1 atom stereocenters. The number of pyridine rings is 1. The maximum absolute atomic E-state index is 13.1. The van der Waals surface area contributed by atoms with Gasteiger partial charge in [0.1, 0.15) is 17.7 Å². The van der Waals surface area contributed by atoms with Crippen molar-refractivity contribution in [2.24, 2.45) is 7.05 Å². The third-order valence-electron chi connectivity index (χ3n) is 4.76. The average Bonchev–Trinajstić information content (AvgIpc) is 3.03. The monoisotopic (exact) mass is 350 g/mol. The molecule has 132 valence electrons. The number of nitriles is 1. The summed E-state index contributed by atoms with van der Waals surface area (Å²) in [6, 6.07) is 10.9. The molecule has 3 aromatic rings. The first-order valence-electron chi connectivity index (χ1n) is 8.59. The number of fused-ring (bicyclic) bond motifs is 1. The molecule has 1 aliphatic heterocycles. The Balaban J connectivity index is 1.59. The Kier molecular flexibility index (Phi) is 4.27. The normalized spacial score (nSPS) is 17.4. The van der Waals surface area contributed by atoms with Gasteiger partial charge in [0.25, 0.3) is 0 Å². The van der Waals surface area contributed by atoms with E-state index >= 15 is 0 Å². The van der Waals surface area contributed by atoms with Crippen molar-refractivity contribution < 1.29 is 4.39 Å². The van der Waals surface area contributed by atoms with Crippen LogP contribution in [0.4, 0.5) is 10.2 Å². The van der Waals surface area contributed by atoms with Crippen molar-refractivity contribution in [1.82, 2.24) is 20.1 Å². The molecule has 0 spiro atoms. The number of hydrogen-bond acceptors (Lipinski definition) is 5. The average molecular weight is 350 g/mol. The fraction of sp³-hybridized carbons (Fsp3) is 0.316. The molecule has 1 aliphatic rings. The predicted octanol–water partition coefficient (Wildman–Crippen LogP) is 2.00. The van der Waals surface area contributed by atoms with Crippen LogP contribution in [0.5, 0.6) is 0 Å². The molecule has 1 aromatic carbocycles. The van der Waals surface area contributed by atoms with Crippen LogP contribution < -0.4 is 10.2 Å². The Morgan fingerprint density at radius 3 is 2.92 bits per heavy atom. The van der Waals surface area contributed by atoms with E-state index in [9.17, 15) is 9.65 Å². The van der Waals surface area contributed by atoms with E-state index in [1.54, 1.807) is 10.9 Å². The van der Waals surface area contributed by atoms with Gasteiger partial charge in [-0.1, -0.05) is 12.1 Å². The van der Waals surface area contributed by atoms with Crippen molar-refractivity contribution in [1.29, 1.82) is 5.26 Å². The van der Waals surface area contributed by atoms with Crippen molar-refractivity contribution in [2.45, 2.75) is 12.5 Å². The Morgan fingerprint density at radius 2 is 2.15 bits per heavy atom. The lowest BCUT2D eigenvalue weighted by molar-refractivity contribution is 0.452. The minimum Gasteiger partial charge on any atom is -0.353 e. The number of aryl methyl sites for hydroxylation is 1. The SMILES string of the molecule is Cn1ncc2cc(C#N)c(N3CCNC(Cc4ccc(F)cc4)C3)nc21. The van der Waals surface area contributed by atoms with Crippen molar-refractivity contribution >= 4 is 16.9 Å². The first-order valence-corrected chi connectivity index (χ1v) is 8.59. The molecule has 6 nitrogen and oxygen atoms in total. The van der Waals surface area contributed by atoms with E-state index in [0.717, 1.165) is 42.7 Å². The highest BCUT2D eigenvalue weighted by Gasteiger charge is 2.23. The minimum atomic E-state index is -0.223. The highest BCUT2D eigenvalue weighted by Crippen LogP contribution is 2.24. The first kappa shape index (κ1) is 16.5. The van der Waals surface area contributed by atoms with Crippen molar-refractivity contribution in [3.8, 4) is 6.07 Å². The Bertz CT molecular complexity index is 972. The molecule has 3 heterocycles. The molecule has 0 saturated carbocycles. The highest BCUT2D eigenvalue weighted by atomic mass is 19.1. The minimum absolute atomic E-state index is 0.213. The van der Waals surface area contributed by atoms with Crippen LogP contribution in [0, 0.1) is 17.1 Å². The molecule has 0 radical (unpaired) electrons. The summed E-state index contributed by atoms with van der Waals surface area (Å²) in [5, 5.41) is 18.1. The summed E-state index contributed by atoms with van der Waals surface area (Å²) in [7, 11) is 1.85. The fourth-order valence-electron chi connectivity index (χ4n) is 3.45. The lowest BCUT2D eigenvalue weighted by Gasteiger charge is -2.35. The van der Waals surface area contributed by atoms with Gasteiger partial charge in [0, 0.05) is 38.1 Å². The molecule has 0 bridgehead atoms. The van der Waals surface area contributed by atoms with Gasteiger partial charge in [-0.15, -0.1) is 0 Å². The lowest BCUT2D eigenvalue weighted by atomic mass is 10.0. The molecule has 1 unspecified atom stereocenters. The molecular formula is C19H19FN6. The Hall–Kier alpha value is -2.98. The van der Waals surface area contributed by atoms with Crippen LogP contribution >= 0.6 is 0 Å². The molecule has 1 saturated heterocycles. The van der Waals surface area contributed by atoms with Crippen LogP contribution in [0.1, 0.15) is 11.1 Å². The standard InChI is InChI=1S/C19H19FN6/c1-25-18-15(11-23-25)9-14(10-21)19(24-18)26-7-6-22-17(12-26)8-13-2-4-16(20)5-3-13/h2-5,9,11,17,22H,6-8,12H2,1H3. The molecule has 7 heteroatoms. The van der Waals surface area contributed by atoms with E-state index in [0.29, 0.717) is 11.4 Å². The second-order valence-corrected chi connectivity index (χ2v) is 6.58. The molecule has 1 fully saturated rings. The summed E-state index contributed by atoms with van der Waals surface area (Å²) in [5.74, 6) is 0.480. The van der Waals surface area contributed by atoms with E-state index in [-0.39, 0.29) is 11.9 Å². The van der Waals surface area contributed by atoms with Gasteiger partial charge in [0.2, 0.25) is 0 Å². The third kappa shape index (κ3) is 3.11. The van der Waals surface area contributed by atoms with Crippen LogP contribution in [0.2, 0.25) is 0 Å². The van der Waals surface area contributed by atoms with E-state index in [2.05, 4.69) is 21.4 Å². The number of aromatic nitrogens is 3. The summed E-state index contributed by atoms with van der Waals surface area (Å²) in [6.07, 6.45) is 2.52. The summed E-state index contributed by atoms with van der Waals surface area (Å²) in [5.41, 5.74) is 2.42. The van der Waals surface area contributed by atoms with Crippen LogP contribution in [0.3, 0.4) is 0 Å². The largest absolute Gasteiger partial charge is 0.353 e. The molecule has 0 amide bonds. The fourth-order valence-corrected chi connectivity index (χ4v) is 3.45. The topological polar surface area (TPSA) is 69.8 Å². The van der Waals surface area contributed by atoms with Crippen LogP contribution in [0.25, 0.3) is 11.0 Å². The lowest BCUT2D eigenvalue weighted by Crippen LogP contribution is -2.52. The zero-order valence-corrected chi connectivity index (χ0v) is 14.5. The van der Waals surface area contributed by atoms with E-state index in [1.165, 1.54) is 12.1 Å². The van der Waals surface area contributed by atoms with Gasteiger partial charge in [0.15, 0.2) is 5.65 Å². The zero-order chi connectivity index (χ0) is 18.1. The molecular weight excluding hydrogens is 331 g/mol. The van der Waals surface area contributed by atoms with Gasteiger partial charge in [-0.2, -0.15) is 10.4 Å². The smallest absolute Gasteiger partial charge is 0.159 e. The first-order chi connectivity index (χ1) is 12.6. The number of rotatable bonds is 3. The molecule has 0 aliphatic carbocycles. The number of nitrogens with zero attached hydrogens (tertiary/aromatic N) is 5. The Labute approximate surface area is 150 Å². The van der Waals surface area contributed by atoms with Gasteiger partial charge in [-0.25, -0.2) is 9.37 Å². The van der Waals surface area contributed by atoms with Crippen molar-refractivity contribution in [3.63, 3.8) is 0 Å². The predicted molar refractivity (Wildman–Crippen MR) is 97.3 cm³/mol. The van der Waals surface area contributed by atoms with Gasteiger partial charge in [-0.3, -0.25) is 4.68 Å². The summed E-state index contributed by atoms with van der Waals surface area (Å²) >= 11 is 0. The van der Waals surface area contributed by atoms with Gasteiger partial charge >= 0.3 is 0 Å². The van der Waals surface area contributed by atoms with Crippen LogP contribution in [-0.2, 0) is 13.5 Å². The maximum Gasteiger partial charge on any atom is 0.159 e. The summed E-state index contributed by atoms with van der Waals surface area (Å²) < 4.78 is 14.8. The van der Waals surface area contributed by atoms with E-state index in [4.69, 9.17) is 4.98 Å². The van der Waals surface area contributed by atoms with Crippen LogP contribution in [0.15, 0.2) is 36.5 Å². The second kappa shape index (κ2) is 6.73. The summed E-state index contributed by atoms with van der Waals surface area (Å²) in [4.78, 5) is 6.86. The van der Waals surface area contributed by atoms with Crippen LogP contribution in [-0.4, -0.2) is 40.4 Å². The highest BCUT2D eigenvalue weighted by molar-refractivity contribution is 5.80. The number of halogens is 1. The van der Waals surface area contributed by atoms with E-state index in [1.807, 2.05) is 25.2 Å². The molecule has 1 N–H and O–H groups in total. The second-order valence-electron chi connectivity index (χ2n) is 6.58. The van der Waals surface area contributed by atoms with Gasteiger partial charge in [-0.05, 0) is 30.2 Å². The number of nitrogens with one attached hydrogen (secondary N) is 1. The zero-order valence-electron chi connectivity index (χ0n) is 14.5. The van der Waals surface area contributed by atoms with Crippen molar-refractivity contribution in [2.75, 3.05) is 24.5 Å². The quantitative estimate of drug-likeness (QED) is 0.782. The number of hydrogen-bond donors (Lipinski definition) is 1. The van der Waals surface area contributed by atoms with Gasteiger partial charge < -0.3 is 10.2 Å². The van der Waals surface area contributed by atoms with Gasteiger partial charge in [0.05, 0.1) is 11.8 Å². The summed E-state index contributed by atoms with van der Waals surface area (Å²) in [6.45, 7) is 2.33. The molecule has 4 rings (SSSR count). The number of anilines is 1. The van der Waals surface area contributed by atoms with Crippen molar-refractivity contribution in [3.05, 3.63) is 53.5 Å². The Morgan fingerprint density at radius 1 is 1.35 bits per heavy atom. The number of benzene rings is 1. The number of piperazine rings is 1. The maximum atomic E-state index is 13.1. The molecule has 2 aromatic heterocycles. The third-order valence-corrected chi connectivity index (χ3v) is 4.76.